The van der Waals surface area contributed by atoms with Crippen LogP contribution >= 0.6 is 23.2 Å². The second kappa shape index (κ2) is 6.24. The van der Waals surface area contributed by atoms with E-state index in [1.54, 1.807) is 6.92 Å². The lowest BCUT2D eigenvalue weighted by Gasteiger charge is -2.18. The summed E-state index contributed by atoms with van der Waals surface area (Å²) in [7, 11) is -2.31. The largest absolute Gasteiger partial charge is 0.392 e. The molecule has 1 aromatic carbocycles. The molecule has 0 fully saturated rings. The Labute approximate surface area is 123 Å². The van der Waals surface area contributed by atoms with E-state index in [2.05, 4.69) is 6.58 Å². The number of nitrogens with zero attached hydrogens (tertiary/aromatic N) is 1. The van der Waals surface area contributed by atoms with Crippen LogP contribution in [-0.4, -0.2) is 31.4 Å². The molecule has 7 heteroatoms. The summed E-state index contributed by atoms with van der Waals surface area (Å²) in [5.74, 6) is 0. The molecular weight excluding hydrogens is 309 g/mol. The van der Waals surface area contributed by atoms with Crippen LogP contribution in [0.2, 0.25) is 10.0 Å². The third kappa shape index (κ3) is 3.70. The molecule has 0 aliphatic heterocycles. The monoisotopic (exact) mass is 323 g/mol. The van der Waals surface area contributed by atoms with E-state index >= 15 is 0 Å². The molecule has 0 saturated carbocycles. The zero-order chi connectivity index (χ0) is 14.8. The first-order chi connectivity index (χ1) is 8.70. The van der Waals surface area contributed by atoms with E-state index in [0.717, 1.165) is 4.31 Å². The third-order valence-electron chi connectivity index (χ3n) is 2.45. The normalized spacial score (nSPS) is 11.9. The van der Waals surface area contributed by atoms with Crippen molar-refractivity contribution in [2.24, 2.45) is 0 Å². The average Bonchev–Trinajstić information content (AvgIpc) is 2.27. The summed E-state index contributed by atoms with van der Waals surface area (Å²) < 4.78 is 25.8. The molecule has 0 heterocycles. The summed E-state index contributed by atoms with van der Waals surface area (Å²) in [5.41, 5.74) is 1.02. The van der Waals surface area contributed by atoms with Crippen LogP contribution in [0, 0.1) is 0 Å². The maximum absolute atomic E-state index is 12.3. The van der Waals surface area contributed by atoms with Gasteiger partial charge in [0.05, 0.1) is 11.6 Å². The minimum atomic E-state index is -3.74. The van der Waals surface area contributed by atoms with Crippen molar-refractivity contribution in [3.63, 3.8) is 0 Å². The molecule has 0 atom stereocenters. The highest BCUT2D eigenvalue weighted by atomic mass is 35.5. The fourth-order valence-corrected chi connectivity index (χ4v) is 3.58. The molecule has 0 aliphatic carbocycles. The summed E-state index contributed by atoms with van der Waals surface area (Å²) in [5, 5.41) is 9.39. The quantitative estimate of drug-likeness (QED) is 0.847. The van der Waals surface area contributed by atoms with E-state index in [4.69, 9.17) is 28.3 Å². The number of benzene rings is 1. The molecule has 0 bridgehead atoms. The zero-order valence-electron chi connectivity index (χ0n) is 10.7. The molecule has 0 aromatic heterocycles. The van der Waals surface area contributed by atoms with Crippen molar-refractivity contribution in [2.75, 3.05) is 13.6 Å². The predicted molar refractivity (Wildman–Crippen MR) is 77.0 cm³/mol. The third-order valence-corrected chi connectivity index (χ3v) is 5.07. The van der Waals surface area contributed by atoms with Gasteiger partial charge in [-0.2, -0.15) is 4.31 Å². The van der Waals surface area contributed by atoms with Crippen LogP contribution in [0.1, 0.15) is 12.5 Å². The second-order valence-electron chi connectivity index (χ2n) is 4.25. The number of hydrogen-bond acceptors (Lipinski definition) is 3. The number of aliphatic hydroxyl groups is 1. The molecule has 0 aliphatic rings. The Hall–Kier alpha value is -0.590. The molecule has 1 N–H and O–H groups in total. The van der Waals surface area contributed by atoms with Crippen LogP contribution in [0.15, 0.2) is 29.2 Å². The molecule has 0 spiro atoms. The van der Waals surface area contributed by atoms with Crippen molar-refractivity contribution >= 4 is 33.2 Å². The van der Waals surface area contributed by atoms with E-state index in [-0.39, 0.29) is 28.1 Å². The molecule has 1 aromatic rings. The maximum Gasteiger partial charge on any atom is 0.244 e. The Morgan fingerprint density at radius 3 is 2.42 bits per heavy atom. The second-order valence-corrected chi connectivity index (χ2v) is 7.08. The van der Waals surface area contributed by atoms with Crippen molar-refractivity contribution in [1.29, 1.82) is 0 Å². The Morgan fingerprint density at radius 2 is 1.95 bits per heavy atom. The van der Waals surface area contributed by atoms with Crippen LogP contribution in [0.3, 0.4) is 0 Å². The van der Waals surface area contributed by atoms with Gasteiger partial charge in [-0.3, -0.25) is 0 Å². The Bertz CT molecular complexity index is 599. The Kier molecular flexibility index (Phi) is 5.41. The highest BCUT2D eigenvalue weighted by molar-refractivity contribution is 7.89. The van der Waals surface area contributed by atoms with E-state index < -0.39 is 10.0 Å². The maximum atomic E-state index is 12.3. The summed E-state index contributed by atoms with van der Waals surface area (Å²) in [6.07, 6.45) is 0. The molecule has 0 saturated heterocycles. The van der Waals surface area contributed by atoms with Crippen molar-refractivity contribution in [1.82, 2.24) is 4.31 Å². The fourth-order valence-electron chi connectivity index (χ4n) is 1.52. The zero-order valence-corrected chi connectivity index (χ0v) is 13.0. The molecule has 4 nitrogen and oxygen atoms in total. The van der Waals surface area contributed by atoms with Gasteiger partial charge in [-0.25, -0.2) is 8.42 Å². The van der Waals surface area contributed by atoms with Gasteiger partial charge in [0.25, 0.3) is 0 Å². The molecule has 19 heavy (non-hydrogen) atoms. The van der Waals surface area contributed by atoms with Gasteiger partial charge >= 0.3 is 0 Å². The molecule has 106 valence electrons. The first-order valence-electron chi connectivity index (χ1n) is 5.39. The van der Waals surface area contributed by atoms with Crippen molar-refractivity contribution in [3.05, 3.63) is 39.9 Å². The number of rotatable bonds is 5. The van der Waals surface area contributed by atoms with Crippen molar-refractivity contribution in [3.8, 4) is 0 Å². The Morgan fingerprint density at radius 1 is 1.37 bits per heavy atom. The summed E-state index contributed by atoms with van der Waals surface area (Å²) >= 11 is 11.8. The molecule has 1 rings (SSSR count). The molecular formula is C12H15Cl2NO3S. The smallest absolute Gasteiger partial charge is 0.244 e. The highest BCUT2D eigenvalue weighted by Crippen LogP contribution is 2.30. The molecule has 0 radical (unpaired) electrons. The van der Waals surface area contributed by atoms with Gasteiger partial charge in [-0.05, 0) is 24.6 Å². The van der Waals surface area contributed by atoms with Crippen LogP contribution in [0.5, 0.6) is 0 Å². The number of sulfonamides is 1. The standard InChI is InChI=1S/C12H15Cl2NO3S/c1-8(2)6-15(3)19(17,18)12-4-9(7-16)10(13)5-11(12)14/h4-5,16H,1,6-7H2,2-3H3. The van der Waals surface area contributed by atoms with Crippen LogP contribution in [0.4, 0.5) is 0 Å². The van der Waals surface area contributed by atoms with Gasteiger partial charge < -0.3 is 5.11 Å². The first kappa shape index (κ1) is 16.5. The minimum Gasteiger partial charge on any atom is -0.392 e. The highest BCUT2D eigenvalue weighted by Gasteiger charge is 2.24. The van der Waals surface area contributed by atoms with Gasteiger partial charge in [-0.15, -0.1) is 0 Å². The van der Waals surface area contributed by atoms with E-state index in [9.17, 15) is 8.42 Å². The number of likely N-dealkylation sites (N-methyl/N-ethyl adjacent to an activating group) is 1. The van der Waals surface area contributed by atoms with Crippen LogP contribution in [-0.2, 0) is 16.6 Å². The fraction of sp³-hybridized carbons (Fsp3) is 0.333. The first-order valence-corrected chi connectivity index (χ1v) is 7.59. The topological polar surface area (TPSA) is 57.6 Å². The van der Waals surface area contributed by atoms with Gasteiger partial charge in [0.1, 0.15) is 4.90 Å². The van der Waals surface area contributed by atoms with E-state index in [1.165, 1.54) is 19.2 Å². The van der Waals surface area contributed by atoms with Crippen LogP contribution in [0.25, 0.3) is 0 Å². The lowest BCUT2D eigenvalue weighted by Crippen LogP contribution is -2.28. The van der Waals surface area contributed by atoms with E-state index in [1.807, 2.05) is 0 Å². The number of aliphatic hydroxyl groups excluding tert-OH is 1. The lowest BCUT2D eigenvalue weighted by atomic mass is 10.2. The molecule has 0 amide bonds. The predicted octanol–water partition coefficient (Wildman–Crippen LogP) is 2.68. The summed E-state index contributed by atoms with van der Waals surface area (Å²) in [4.78, 5) is -0.0774. The van der Waals surface area contributed by atoms with Crippen LogP contribution < -0.4 is 0 Å². The summed E-state index contributed by atoms with van der Waals surface area (Å²) in [6.45, 7) is 5.23. The van der Waals surface area contributed by atoms with Gasteiger partial charge in [-0.1, -0.05) is 35.4 Å². The number of halogens is 2. The lowest BCUT2D eigenvalue weighted by molar-refractivity contribution is 0.281. The summed E-state index contributed by atoms with van der Waals surface area (Å²) in [6, 6.07) is 2.60. The van der Waals surface area contributed by atoms with Crippen molar-refractivity contribution < 1.29 is 13.5 Å². The van der Waals surface area contributed by atoms with Gasteiger partial charge in [0.15, 0.2) is 0 Å². The van der Waals surface area contributed by atoms with Gasteiger partial charge in [0, 0.05) is 18.6 Å². The van der Waals surface area contributed by atoms with Gasteiger partial charge in [0.2, 0.25) is 10.0 Å². The Balaban J connectivity index is 3.32. The van der Waals surface area contributed by atoms with Crippen molar-refractivity contribution in [2.45, 2.75) is 18.4 Å². The SMILES string of the molecule is C=C(C)CN(C)S(=O)(=O)c1cc(CO)c(Cl)cc1Cl. The van der Waals surface area contributed by atoms with E-state index in [0.29, 0.717) is 11.1 Å². The average molecular weight is 324 g/mol. The minimum absolute atomic E-state index is 0.0239. The molecule has 0 unspecified atom stereocenters. The number of hydrogen-bond donors (Lipinski definition) is 1.